The molecule has 0 bridgehead atoms. The van der Waals surface area contributed by atoms with Crippen LogP contribution < -0.4 is 5.73 Å². The van der Waals surface area contributed by atoms with Crippen molar-refractivity contribution in [1.82, 2.24) is 0 Å². The maximum Gasteiger partial charge on any atom is 0.347 e. The standard InChI is InChI=1S/C14H16ClNO4/c1-3-19-13(17)11(14(18)20-4-2)12(16)9-5-7-10(15)8-6-9/h5-8H,3-4,16H2,1-2H3. The number of carbonyl (C=O) groups is 2. The highest BCUT2D eigenvalue weighted by Crippen LogP contribution is 2.18. The number of hydrogen-bond donors (Lipinski definition) is 1. The molecule has 0 aliphatic rings. The van der Waals surface area contributed by atoms with Crippen LogP contribution >= 0.6 is 11.6 Å². The van der Waals surface area contributed by atoms with Gasteiger partial charge in [-0.05, 0) is 31.5 Å². The van der Waals surface area contributed by atoms with E-state index in [9.17, 15) is 9.59 Å². The molecule has 2 N–H and O–H groups in total. The zero-order valence-electron chi connectivity index (χ0n) is 11.3. The monoisotopic (exact) mass is 297 g/mol. The lowest BCUT2D eigenvalue weighted by atomic mass is 10.1. The Morgan fingerprint density at radius 1 is 1.05 bits per heavy atom. The summed E-state index contributed by atoms with van der Waals surface area (Å²) in [6, 6.07) is 6.43. The second kappa shape index (κ2) is 7.55. The summed E-state index contributed by atoms with van der Waals surface area (Å²) in [7, 11) is 0. The third-order valence-corrected chi connectivity index (χ3v) is 2.64. The predicted molar refractivity (Wildman–Crippen MR) is 75.8 cm³/mol. The van der Waals surface area contributed by atoms with E-state index in [2.05, 4.69) is 0 Å². The summed E-state index contributed by atoms with van der Waals surface area (Å²) < 4.78 is 9.67. The van der Waals surface area contributed by atoms with Crippen molar-refractivity contribution in [3.63, 3.8) is 0 Å². The largest absolute Gasteiger partial charge is 0.462 e. The van der Waals surface area contributed by atoms with E-state index in [0.717, 1.165) is 0 Å². The molecule has 0 spiro atoms. The predicted octanol–water partition coefficient (Wildman–Crippen LogP) is 2.14. The number of halogens is 1. The van der Waals surface area contributed by atoms with E-state index in [4.69, 9.17) is 26.8 Å². The fourth-order valence-corrected chi connectivity index (χ4v) is 1.61. The van der Waals surface area contributed by atoms with E-state index in [-0.39, 0.29) is 24.5 Å². The van der Waals surface area contributed by atoms with E-state index in [1.165, 1.54) is 0 Å². The van der Waals surface area contributed by atoms with Crippen molar-refractivity contribution >= 4 is 29.2 Å². The fourth-order valence-electron chi connectivity index (χ4n) is 1.48. The summed E-state index contributed by atoms with van der Waals surface area (Å²) in [6.07, 6.45) is 0. The van der Waals surface area contributed by atoms with Crippen molar-refractivity contribution in [3.8, 4) is 0 Å². The molecule has 0 heterocycles. The van der Waals surface area contributed by atoms with Gasteiger partial charge in [-0.3, -0.25) is 0 Å². The van der Waals surface area contributed by atoms with Crippen molar-refractivity contribution in [1.29, 1.82) is 0 Å². The second-order valence-electron chi connectivity index (χ2n) is 3.74. The molecule has 108 valence electrons. The van der Waals surface area contributed by atoms with Crippen LogP contribution in [0.3, 0.4) is 0 Å². The van der Waals surface area contributed by atoms with Crippen molar-refractivity contribution in [2.45, 2.75) is 13.8 Å². The molecule has 0 saturated carbocycles. The Balaban J connectivity index is 3.24. The zero-order valence-corrected chi connectivity index (χ0v) is 12.1. The highest BCUT2D eigenvalue weighted by atomic mass is 35.5. The van der Waals surface area contributed by atoms with Crippen molar-refractivity contribution in [2.75, 3.05) is 13.2 Å². The van der Waals surface area contributed by atoms with Crippen molar-refractivity contribution in [2.24, 2.45) is 5.73 Å². The molecule has 20 heavy (non-hydrogen) atoms. The molecule has 0 aliphatic heterocycles. The highest BCUT2D eigenvalue weighted by molar-refractivity contribution is 6.30. The van der Waals surface area contributed by atoms with Gasteiger partial charge in [0.15, 0.2) is 5.57 Å². The van der Waals surface area contributed by atoms with Gasteiger partial charge in [-0.25, -0.2) is 9.59 Å². The first-order valence-electron chi connectivity index (χ1n) is 6.11. The van der Waals surface area contributed by atoms with E-state index in [1.807, 2.05) is 0 Å². The molecule has 1 aromatic rings. The zero-order chi connectivity index (χ0) is 15.1. The quantitative estimate of drug-likeness (QED) is 0.390. The SMILES string of the molecule is CCOC(=O)C(C(=O)OCC)=C(N)c1ccc(Cl)cc1. The van der Waals surface area contributed by atoms with Crippen LogP contribution in [0.25, 0.3) is 5.70 Å². The third-order valence-electron chi connectivity index (χ3n) is 2.38. The van der Waals surface area contributed by atoms with E-state index >= 15 is 0 Å². The minimum atomic E-state index is -0.807. The van der Waals surface area contributed by atoms with Crippen LogP contribution in [0, 0.1) is 0 Å². The Kier molecular flexibility index (Phi) is 6.06. The first-order valence-corrected chi connectivity index (χ1v) is 6.49. The van der Waals surface area contributed by atoms with Crippen molar-refractivity contribution in [3.05, 3.63) is 40.4 Å². The average molecular weight is 298 g/mol. The first kappa shape index (κ1) is 16.0. The molecule has 0 atom stereocenters. The summed E-state index contributed by atoms with van der Waals surface area (Å²) >= 11 is 5.78. The lowest BCUT2D eigenvalue weighted by molar-refractivity contribution is -0.146. The lowest BCUT2D eigenvalue weighted by Gasteiger charge is -2.10. The molecule has 0 amide bonds. The average Bonchev–Trinajstić information content (AvgIpc) is 2.40. The highest BCUT2D eigenvalue weighted by Gasteiger charge is 2.25. The normalized spacial score (nSPS) is 9.75. The number of hydrogen-bond acceptors (Lipinski definition) is 5. The molecule has 0 unspecified atom stereocenters. The number of esters is 2. The topological polar surface area (TPSA) is 78.6 Å². The Labute approximate surface area is 122 Å². The van der Waals surface area contributed by atoms with Gasteiger partial charge in [-0.2, -0.15) is 0 Å². The number of nitrogens with two attached hydrogens (primary N) is 1. The van der Waals surface area contributed by atoms with E-state index in [0.29, 0.717) is 10.6 Å². The third kappa shape index (κ3) is 3.99. The molecule has 1 rings (SSSR count). The van der Waals surface area contributed by atoms with Gasteiger partial charge >= 0.3 is 11.9 Å². The summed E-state index contributed by atoms with van der Waals surface area (Å²) in [6.45, 7) is 3.55. The van der Waals surface area contributed by atoms with Crippen molar-refractivity contribution < 1.29 is 19.1 Å². The molecule has 0 fully saturated rings. The Morgan fingerprint density at radius 2 is 1.50 bits per heavy atom. The smallest absolute Gasteiger partial charge is 0.347 e. The minimum Gasteiger partial charge on any atom is -0.462 e. The summed E-state index contributed by atoms with van der Waals surface area (Å²) in [5.74, 6) is -1.61. The van der Waals surface area contributed by atoms with Crippen LogP contribution in [-0.2, 0) is 19.1 Å². The van der Waals surface area contributed by atoms with Crippen LogP contribution in [-0.4, -0.2) is 25.2 Å². The molecule has 0 radical (unpaired) electrons. The fraction of sp³-hybridized carbons (Fsp3) is 0.286. The number of rotatable bonds is 5. The molecule has 0 aromatic heterocycles. The van der Waals surface area contributed by atoms with Crippen LogP contribution in [0.15, 0.2) is 29.8 Å². The first-order chi connectivity index (χ1) is 9.51. The molecular weight excluding hydrogens is 282 g/mol. The van der Waals surface area contributed by atoms with Gasteiger partial charge in [0.2, 0.25) is 0 Å². The Hall–Kier alpha value is -2.01. The number of carbonyl (C=O) groups excluding carboxylic acids is 2. The molecule has 6 heteroatoms. The number of ether oxygens (including phenoxy) is 2. The van der Waals surface area contributed by atoms with Gasteiger partial charge in [0.25, 0.3) is 0 Å². The maximum atomic E-state index is 11.9. The molecule has 5 nitrogen and oxygen atoms in total. The lowest BCUT2D eigenvalue weighted by Crippen LogP contribution is -2.22. The van der Waals surface area contributed by atoms with E-state index < -0.39 is 11.9 Å². The molecular formula is C14H16ClNO4. The molecule has 1 aromatic carbocycles. The van der Waals surface area contributed by atoms with E-state index in [1.54, 1.807) is 38.1 Å². The van der Waals surface area contributed by atoms with Crippen LogP contribution in [0.1, 0.15) is 19.4 Å². The second-order valence-corrected chi connectivity index (χ2v) is 4.17. The Morgan fingerprint density at radius 3 is 1.90 bits per heavy atom. The molecule has 0 saturated heterocycles. The van der Waals surface area contributed by atoms with Gasteiger partial charge in [0.05, 0.1) is 18.9 Å². The number of benzene rings is 1. The van der Waals surface area contributed by atoms with Gasteiger partial charge < -0.3 is 15.2 Å². The summed E-state index contributed by atoms with van der Waals surface area (Å²) in [5, 5.41) is 0.523. The summed E-state index contributed by atoms with van der Waals surface area (Å²) in [4.78, 5) is 23.7. The maximum absolute atomic E-state index is 11.9. The van der Waals surface area contributed by atoms with Crippen LogP contribution in [0.2, 0.25) is 5.02 Å². The van der Waals surface area contributed by atoms with Gasteiger partial charge in [0.1, 0.15) is 0 Å². The van der Waals surface area contributed by atoms with Gasteiger partial charge in [-0.15, -0.1) is 0 Å². The molecule has 0 aliphatic carbocycles. The Bertz CT molecular complexity index is 502. The minimum absolute atomic E-state index is 0.00133. The summed E-state index contributed by atoms with van der Waals surface area (Å²) in [5.41, 5.74) is 6.07. The van der Waals surface area contributed by atoms with Gasteiger partial charge in [-0.1, -0.05) is 23.7 Å². The van der Waals surface area contributed by atoms with Crippen LogP contribution in [0.5, 0.6) is 0 Å². The van der Waals surface area contributed by atoms with Crippen LogP contribution in [0.4, 0.5) is 0 Å². The van der Waals surface area contributed by atoms with Gasteiger partial charge in [0, 0.05) is 5.02 Å².